The van der Waals surface area contributed by atoms with Crippen LogP contribution in [-0.2, 0) is 16.6 Å². The number of aromatic nitrogens is 3. The van der Waals surface area contributed by atoms with E-state index >= 15 is 0 Å². The normalized spacial score (nSPS) is 20.1. The van der Waals surface area contributed by atoms with Gasteiger partial charge in [-0.1, -0.05) is 12.1 Å². The van der Waals surface area contributed by atoms with Crippen LogP contribution in [0.25, 0.3) is 22.3 Å². The van der Waals surface area contributed by atoms with E-state index in [9.17, 15) is 4.79 Å². The number of carbonyl (C=O) groups excluding carboxylic acids is 1. The molecule has 0 aliphatic carbocycles. The Morgan fingerprint density at radius 2 is 2.00 bits per heavy atom. The van der Waals surface area contributed by atoms with Gasteiger partial charge in [0, 0.05) is 50.3 Å². The largest absolute Gasteiger partial charge is 0.473 e. The molecule has 0 bridgehead atoms. The Balaban J connectivity index is 1.44. The summed E-state index contributed by atoms with van der Waals surface area (Å²) in [6.07, 6.45) is 2.12. The number of nitrogens with one attached hydrogen (secondary N) is 1. The lowest BCUT2D eigenvalue weighted by molar-refractivity contribution is -0.119. The predicted octanol–water partition coefficient (Wildman–Crippen LogP) is 2.38. The maximum absolute atomic E-state index is 11.6. The van der Waals surface area contributed by atoms with Gasteiger partial charge >= 0.3 is 0 Å². The molecule has 1 N–H and O–H groups in total. The average Bonchev–Trinajstić information content (AvgIpc) is 3.40. The van der Waals surface area contributed by atoms with Crippen molar-refractivity contribution in [1.82, 2.24) is 19.9 Å². The molecular weight excluding hydrogens is 394 g/mol. The lowest BCUT2D eigenvalue weighted by atomic mass is 10.0. The Labute approximate surface area is 181 Å². The molecule has 0 saturated carbocycles. The molecule has 3 aromatic rings. The van der Waals surface area contributed by atoms with Gasteiger partial charge in [-0.15, -0.1) is 0 Å². The lowest BCUT2D eigenvalue weighted by Crippen LogP contribution is -2.36. The molecule has 1 unspecified atom stereocenters. The van der Waals surface area contributed by atoms with Gasteiger partial charge < -0.3 is 24.3 Å². The van der Waals surface area contributed by atoms with E-state index in [2.05, 4.69) is 39.5 Å². The van der Waals surface area contributed by atoms with E-state index in [0.29, 0.717) is 18.8 Å². The van der Waals surface area contributed by atoms with Crippen LogP contribution >= 0.6 is 0 Å². The third kappa shape index (κ3) is 3.95. The van der Waals surface area contributed by atoms with Crippen molar-refractivity contribution in [3.63, 3.8) is 0 Å². The monoisotopic (exact) mass is 421 g/mol. The minimum atomic E-state index is -0.136. The van der Waals surface area contributed by atoms with Crippen LogP contribution in [0, 0.1) is 5.92 Å². The first-order chi connectivity index (χ1) is 15.1. The first-order valence-corrected chi connectivity index (χ1v) is 10.8. The van der Waals surface area contributed by atoms with Crippen LogP contribution in [0.5, 0.6) is 5.88 Å². The van der Waals surface area contributed by atoms with E-state index in [1.54, 1.807) is 6.33 Å². The molecular formula is C23H27N5O3. The third-order valence-electron chi connectivity index (χ3n) is 6.17. The van der Waals surface area contributed by atoms with Crippen LogP contribution in [0.2, 0.25) is 0 Å². The standard InChI is InChI=1S/C23H27N5O3/c1-15(17-11-21(29)24-13-17)31-23-22-20(25-14-27(22)2)12-19(26-23)16-3-5-18(6-4-16)28-7-9-30-10-8-28/h3-6,12,14-15,17H,7-11,13H2,1-2H3,(H,24,29)/t15-,17?/m1/s1. The molecule has 162 valence electrons. The highest BCUT2D eigenvalue weighted by Gasteiger charge is 2.29. The molecule has 0 radical (unpaired) electrons. The van der Waals surface area contributed by atoms with E-state index < -0.39 is 0 Å². The number of ether oxygens (including phenoxy) is 2. The van der Waals surface area contributed by atoms with E-state index in [-0.39, 0.29) is 17.9 Å². The fraction of sp³-hybridized carbons (Fsp3) is 0.435. The molecule has 2 aromatic heterocycles. The summed E-state index contributed by atoms with van der Waals surface area (Å²) in [6, 6.07) is 10.4. The van der Waals surface area contributed by atoms with Crippen molar-refractivity contribution in [1.29, 1.82) is 0 Å². The van der Waals surface area contributed by atoms with Crippen molar-refractivity contribution in [3.8, 4) is 17.1 Å². The molecule has 1 amide bonds. The van der Waals surface area contributed by atoms with Crippen molar-refractivity contribution in [2.45, 2.75) is 19.4 Å². The van der Waals surface area contributed by atoms with Crippen molar-refractivity contribution in [2.75, 3.05) is 37.7 Å². The highest BCUT2D eigenvalue weighted by Crippen LogP contribution is 2.31. The highest BCUT2D eigenvalue weighted by molar-refractivity contribution is 5.84. The topological polar surface area (TPSA) is 81.5 Å². The van der Waals surface area contributed by atoms with Gasteiger partial charge in [0.1, 0.15) is 11.6 Å². The van der Waals surface area contributed by atoms with Crippen LogP contribution in [0.1, 0.15) is 13.3 Å². The Kier molecular flexibility index (Phi) is 5.23. The Morgan fingerprint density at radius 1 is 1.23 bits per heavy atom. The van der Waals surface area contributed by atoms with Crippen molar-refractivity contribution in [2.24, 2.45) is 13.0 Å². The van der Waals surface area contributed by atoms with Crippen molar-refractivity contribution >= 4 is 22.6 Å². The number of nitrogens with zero attached hydrogens (tertiary/aromatic N) is 4. The lowest BCUT2D eigenvalue weighted by Gasteiger charge is -2.28. The predicted molar refractivity (Wildman–Crippen MR) is 118 cm³/mol. The fourth-order valence-electron chi connectivity index (χ4n) is 4.26. The second kappa shape index (κ2) is 8.19. The highest BCUT2D eigenvalue weighted by atomic mass is 16.5. The molecule has 2 saturated heterocycles. The first-order valence-electron chi connectivity index (χ1n) is 10.8. The summed E-state index contributed by atoms with van der Waals surface area (Å²) in [6.45, 7) is 5.98. The number of amides is 1. The molecule has 31 heavy (non-hydrogen) atoms. The van der Waals surface area contributed by atoms with Crippen molar-refractivity contribution < 1.29 is 14.3 Å². The second-order valence-corrected chi connectivity index (χ2v) is 8.27. The van der Waals surface area contributed by atoms with E-state index in [4.69, 9.17) is 14.5 Å². The zero-order valence-electron chi connectivity index (χ0n) is 17.9. The zero-order valence-corrected chi connectivity index (χ0v) is 17.9. The summed E-state index contributed by atoms with van der Waals surface area (Å²) in [5, 5.41) is 2.88. The summed E-state index contributed by atoms with van der Waals surface area (Å²) in [4.78, 5) is 23.3. The number of morpholine rings is 1. The number of anilines is 1. The summed E-state index contributed by atoms with van der Waals surface area (Å²) >= 11 is 0. The molecule has 2 aliphatic rings. The fourth-order valence-corrected chi connectivity index (χ4v) is 4.26. The molecule has 8 nitrogen and oxygen atoms in total. The number of benzene rings is 1. The van der Waals surface area contributed by atoms with Gasteiger partial charge in [0.2, 0.25) is 11.8 Å². The molecule has 1 aromatic carbocycles. The number of hydrogen-bond donors (Lipinski definition) is 1. The van der Waals surface area contributed by atoms with Gasteiger partial charge in [0.25, 0.3) is 0 Å². The smallest absolute Gasteiger partial charge is 0.241 e. The number of pyridine rings is 1. The first kappa shape index (κ1) is 19.8. The van der Waals surface area contributed by atoms with E-state index in [1.165, 1.54) is 5.69 Å². The van der Waals surface area contributed by atoms with Crippen LogP contribution in [-0.4, -0.2) is 59.4 Å². The van der Waals surface area contributed by atoms with Crippen LogP contribution < -0.4 is 15.0 Å². The number of aryl methyl sites for hydroxylation is 1. The minimum Gasteiger partial charge on any atom is -0.473 e. The van der Waals surface area contributed by atoms with Crippen molar-refractivity contribution in [3.05, 3.63) is 36.7 Å². The number of fused-ring (bicyclic) bond motifs is 1. The van der Waals surface area contributed by atoms with E-state index in [0.717, 1.165) is 48.6 Å². The number of rotatable bonds is 5. The average molecular weight is 422 g/mol. The van der Waals surface area contributed by atoms with Gasteiger partial charge in [-0.25, -0.2) is 9.97 Å². The van der Waals surface area contributed by atoms with Gasteiger partial charge in [0.05, 0.1) is 30.8 Å². The molecule has 2 atom stereocenters. The van der Waals surface area contributed by atoms with Gasteiger partial charge in [-0.05, 0) is 25.1 Å². The maximum atomic E-state index is 11.6. The van der Waals surface area contributed by atoms with Crippen LogP contribution in [0.3, 0.4) is 0 Å². The molecule has 4 heterocycles. The van der Waals surface area contributed by atoms with Gasteiger partial charge in [-0.3, -0.25) is 4.79 Å². The minimum absolute atomic E-state index is 0.0770. The number of imidazole rings is 1. The number of carbonyl (C=O) groups is 1. The molecule has 0 spiro atoms. The number of hydrogen-bond acceptors (Lipinski definition) is 6. The van der Waals surface area contributed by atoms with Gasteiger partial charge in [0.15, 0.2) is 0 Å². The van der Waals surface area contributed by atoms with Crippen LogP contribution in [0.15, 0.2) is 36.7 Å². The van der Waals surface area contributed by atoms with Crippen LogP contribution in [0.4, 0.5) is 5.69 Å². The summed E-state index contributed by atoms with van der Waals surface area (Å²) in [5.74, 6) is 0.763. The maximum Gasteiger partial charge on any atom is 0.241 e. The van der Waals surface area contributed by atoms with Gasteiger partial charge in [-0.2, -0.15) is 0 Å². The molecule has 2 aliphatic heterocycles. The molecule has 8 heteroatoms. The second-order valence-electron chi connectivity index (χ2n) is 8.27. The SMILES string of the molecule is C[C@@H](Oc1nc(-c2ccc(N3CCOCC3)cc2)cc2ncn(C)c12)C1CNC(=O)C1. The van der Waals surface area contributed by atoms with E-state index in [1.807, 2.05) is 24.6 Å². The quantitative estimate of drug-likeness (QED) is 0.681. The molecule has 5 rings (SSSR count). The Bertz CT molecular complexity index is 1090. The summed E-state index contributed by atoms with van der Waals surface area (Å²) < 4.78 is 13.7. The summed E-state index contributed by atoms with van der Waals surface area (Å²) in [7, 11) is 1.94. The molecule has 2 fully saturated rings. The Hall–Kier alpha value is -3.13. The summed E-state index contributed by atoms with van der Waals surface area (Å²) in [5.41, 5.74) is 4.72. The zero-order chi connectivity index (χ0) is 21.4. The Morgan fingerprint density at radius 3 is 2.71 bits per heavy atom. The third-order valence-corrected chi connectivity index (χ3v) is 6.17.